The van der Waals surface area contributed by atoms with Gasteiger partial charge in [-0.2, -0.15) is 4.98 Å². The zero-order valence-corrected chi connectivity index (χ0v) is 20.6. The highest BCUT2D eigenvalue weighted by Crippen LogP contribution is 2.32. The van der Waals surface area contributed by atoms with E-state index < -0.39 is 43.8 Å². The number of hydrogen-bond donors (Lipinski definition) is 1. The molecule has 0 aliphatic rings. The summed E-state index contributed by atoms with van der Waals surface area (Å²) >= 11 is 3.20. The highest BCUT2D eigenvalue weighted by Gasteiger charge is 2.32. The van der Waals surface area contributed by atoms with E-state index in [9.17, 15) is 27.1 Å². The van der Waals surface area contributed by atoms with Crippen molar-refractivity contribution in [3.8, 4) is 5.88 Å². The molecule has 182 valence electrons. The molecule has 12 heteroatoms. The van der Waals surface area contributed by atoms with Crippen LogP contribution >= 0.6 is 15.9 Å². The zero-order chi connectivity index (χ0) is 25.0. The van der Waals surface area contributed by atoms with E-state index in [1.807, 2.05) is 0 Å². The van der Waals surface area contributed by atoms with Crippen LogP contribution in [0.4, 0.5) is 8.78 Å². The molecule has 1 atom stereocenters. The van der Waals surface area contributed by atoms with Crippen molar-refractivity contribution in [2.45, 2.75) is 29.4 Å². The van der Waals surface area contributed by atoms with Crippen LogP contribution in [-0.2, 0) is 25.9 Å². The van der Waals surface area contributed by atoms with Gasteiger partial charge in [0.1, 0.15) is 24.1 Å². The summed E-state index contributed by atoms with van der Waals surface area (Å²) in [6, 6.07) is 6.98. The molecule has 0 saturated heterocycles. The van der Waals surface area contributed by atoms with Crippen molar-refractivity contribution in [3.63, 3.8) is 0 Å². The second kappa shape index (κ2) is 10.7. The first-order valence-corrected chi connectivity index (χ1v) is 12.3. The van der Waals surface area contributed by atoms with Crippen LogP contribution in [0.2, 0.25) is 0 Å². The zero-order valence-electron chi connectivity index (χ0n) is 18.2. The van der Waals surface area contributed by atoms with E-state index in [0.717, 1.165) is 16.7 Å². The Balaban J connectivity index is 2.33. The molecule has 1 unspecified atom stereocenters. The lowest BCUT2D eigenvalue weighted by Gasteiger charge is -2.25. The minimum absolute atomic E-state index is 0.0184. The standard InChI is InChI=1S/C22H21BrF2N2O6S/c1-3-33-12-19-26-21(28)20(34(30,31)17-6-4-14(23)5-7-17)22(29)27(19)18(11-32-2)13-8-15(24)10-16(25)9-13/h4-10,18,29H,3,11-12H2,1-2H3. The van der Waals surface area contributed by atoms with Gasteiger partial charge in [0.15, 0.2) is 4.90 Å². The topological polar surface area (TPSA) is 108 Å². The second-order valence-corrected chi connectivity index (χ2v) is 9.93. The smallest absolute Gasteiger partial charge is 0.296 e. The van der Waals surface area contributed by atoms with Gasteiger partial charge in [0.05, 0.1) is 17.5 Å². The number of sulfone groups is 1. The molecule has 0 aliphatic heterocycles. The van der Waals surface area contributed by atoms with Crippen LogP contribution in [0.3, 0.4) is 0 Å². The van der Waals surface area contributed by atoms with Crippen LogP contribution in [0, 0.1) is 11.6 Å². The van der Waals surface area contributed by atoms with Crippen LogP contribution in [-0.4, -0.2) is 43.4 Å². The normalized spacial score (nSPS) is 12.6. The summed E-state index contributed by atoms with van der Waals surface area (Å²) in [5.74, 6) is -2.88. The van der Waals surface area contributed by atoms with E-state index in [2.05, 4.69) is 20.9 Å². The predicted octanol–water partition coefficient (Wildman–Crippen LogP) is 3.59. The van der Waals surface area contributed by atoms with Gasteiger partial charge in [0.25, 0.3) is 5.56 Å². The Morgan fingerprint density at radius 1 is 1.15 bits per heavy atom. The fourth-order valence-corrected chi connectivity index (χ4v) is 4.99. The van der Waals surface area contributed by atoms with E-state index in [4.69, 9.17) is 9.47 Å². The molecule has 0 spiro atoms. The van der Waals surface area contributed by atoms with Crippen LogP contribution in [0.5, 0.6) is 5.88 Å². The highest BCUT2D eigenvalue weighted by atomic mass is 79.9. The van der Waals surface area contributed by atoms with Crippen LogP contribution in [0.1, 0.15) is 24.4 Å². The third-order valence-electron chi connectivity index (χ3n) is 4.87. The molecule has 3 rings (SSSR count). The van der Waals surface area contributed by atoms with E-state index >= 15 is 0 Å². The molecule has 2 aromatic carbocycles. The monoisotopic (exact) mass is 558 g/mol. The average molecular weight is 559 g/mol. The first-order chi connectivity index (χ1) is 16.1. The summed E-state index contributed by atoms with van der Waals surface area (Å²) in [7, 11) is -3.20. The summed E-state index contributed by atoms with van der Waals surface area (Å²) in [6.07, 6.45) is 0. The number of ether oxygens (including phenoxy) is 2. The van der Waals surface area contributed by atoms with E-state index in [0.29, 0.717) is 10.5 Å². The lowest BCUT2D eigenvalue weighted by Crippen LogP contribution is -2.29. The van der Waals surface area contributed by atoms with Crippen molar-refractivity contribution in [1.82, 2.24) is 9.55 Å². The Labute approximate surface area is 202 Å². The van der Waals surface area contributed by atoms with E-state index in [1.165, 1.54) is 31.4 Å². The number of aromatic hydroxyl groups is 1. The molecule has 1 N–H and O–H groups in total. The van der Waals surface area contributed by atoms with Crippen molar-refractivity contribution in [2.75, 3.05) is 20.3 Å². The number of rotatable bonds is 9. The Morgan fingerprint density at radius 2 is 1.76 bits per heavy atom. The molecule has 1 aromatic heterocycles. The first-order valence-electron chi connectivity index (χ1n) is 9.97. The van der Waals surface area contributed by atoms with Gasteiger partial charge < -0.3 is 14.6 Å². The molecule has 0 fully saturated rings. The van der Waals surface area contributed by atoms with E-state index in [-0.39, 0.29) is 36.1 Å². The summed E-state index contributed by atoms with van der Waals surface area (Å²) in [6.45, 7) is 1.39. The fourth-order valence-electron chi connectivity index (χ4n) is 3.38. The molecule has 0 aliphatic carbocycles. The highest BCUT2D eigenvalue weighted by molar-refractivity contribution is 9.10. The van der Waals surface area contributed by atoms with Crippen LogP contribution in [0.25, 0.3) is 0 Å². The predicted molar refractivity (Wildman–Crippen MR) is 121 cm³/mol. The SMILES string of the molecule is CCOCc1nc(=O)c(S(=O)(=O)c2ccc(Br)cc2)c(O)n1C(COC)c1cc(F)cc(F)c1. The van der Waals surface area contributed by atoms with Gasteiger partial charge in [-0.1, -0.05) is 15.9 Å². The van der Waals surface area contributed by atoms with Crippen LogP contribution in [0.15, 0.2) is 61.5 Å². The molecule has 8 nitrogen and oxygen atoms in total. The molecular weight excluding hydrogens is 538 g/mol. The van der Waals surface area contributed by atoms with Gasteiger partial charge >= 0.3 is 0 Å². The number of aromatic nitrogens is 2. The summed E-state index contributed by atoms with van der Waals surface area (Å²) in [5.41, 5.74) is -1.18. The lowest BCUT2D eigenvalue weighted by molar-refractivity contribution is 0.114. The van der Waals surface area contributed by atoms with Crippen molar-refractivity contribution in [3.05, 3.63) is 80.3 Å². The summed E-state index contributed by atoms with van der Waals surface area (Å²) in [4.78, 5) is 15.4. The van der Waals surface area contributed by atoms with Crippen LogP contribution < -0.4 is 5.56 Å². The van der Waals surface area contributed by atoms with Gasteiger partial charge in [-0.3, -0.25) is 9.36 Å². The first kappa shape index (κ1) is 25.9. The maximum atomic E-state index is 14.0. The molecule has 0 amide bonds. The summed E-state index contributed by atoms with van der Waals surface area (Å²) in [5, 5.41) is 11.1. The lowest BCUT2D eigenvalue weighted by atomic mass is 10.1. The van der Waals surface area contributed by atoms with Crippen molar-refractivity contribution >= 4 is 25.8 Å². The Bertz CT molecular complexity index is 1330. The fraction of sp³-hybridized carbons (Fsp3) is 0.273. The largest absolute Gasteiger partial charge is 0.493 e. The Morgan fingerprint density at radius 3 is 2.32 bits per heavy atom. The minimum Gasteiger partial charge on any atom is -0.493 e. The molecule has 0 saturated carbocycles. The molecule has 0 radical (unpaired) electrons. The average Bonchev–Trinajstić information content (AvgIpc) is 2.76. The van der Waals surface area contributed by atoms with E-state index in [1.54, 1.807) is 6.92 Å². The molecule has 34 heavy (non-hydrogen) atoms. The minimum atomic E-state index is -4.52. The van der Waals surface area contributed by atoms with Gasteiger partial charge in [-0.15, -0.1) is 0 Å². The quantitative estimate of drug-likeness (QED) is 0.427. The molecule has 3 aromatic rings. The third-order valence-corrected chi connectivity index (χ3v) is 7.18. The Hall–Kier alpha value is -2.67. The van der Waals surface area contributed by atoms with Gasteiger partial charge in [-0.05, 0) is 48.9 Å². The molecular formula is C22H21BrF2N2O6S. The Kier molecular flexibility index (Phi) is 8.18. The number of benzene rings is 2. The number of methoxy groups -OCH3 is 1. The van der Waals surface area contributed by atoms with Crippen molar-refractivity contribution in [1.29, 1.82) is 0 Å². The number of halogens is 3. The van der Waals surface area contributed by atoms with Gasteiger partial charge in [0.2, 0.25) is 15.7 Å². The maximum absolute atomic E-state index is 14.0. The number of nitrogens with zero attached hydrogens (tertiary/aromatic N) is 2. The van der Waals surface area contributed by atoms with Gasteiger partial charge in [-0.25, -0.2) is 17.2 Å². The molecule has 0 bridgehead atoms. The van der Waals surface area contributed by atoms with Crippen molar-refractivity contribution < 1.29 is 31.8 Å². The third kappa shape index (κ3) is 5.35. The van der Waals surface area contributed by atoms with Gasteiger partial charge in [0, 0.05) is 24.3 Å². The molecule has 1 heterocycles. The number of hydrogen-bond acceptors (Lipinski definition) is 7. The second-order valence-electron chi connectivity index (χ2n) is 7.12. The van der Waals surface area contributed by atoms with Crippen molar-refractivity contribution in [2.24, 2.45) is 0 Å². The maximum Gasteiger partial charge on any atom is 0.296 e. The summed E-state index contributed by atoms with van der Waals surface area (Å²) < 4.78 is 66.6.